The molecule has 0 aliphatic carbocycles. The maximum Gasteiger partial charge on any atom is 0.269 e. The van der Waals surface area contributed by atoms with E-state index < -0.39 is 0 Å². The predicted molar refractivity (Wildman–Crippen MR) is 93.2 cm³/mol. The lowest BCUT2D eigenvalue weighted by molar-refractivity contribution is -0.115. The van der Waals surface area contributed by atoms with E-state index in [2.05, 4.69) is 25.7 Å². The van der Waals surface area contributed by atoms with E-state index in [1.165, 1.54) is 0 Å². The summed E-state index contributed by atoms with van der Waals surface area (Å²) in [6.45, 7) is 4.87. The molecule has 1 saturated heterocycles. The van der Waals surface area contributed by atoms with Crippen LogP contribution in [0.1, 0.15) is 29.3 Å². The van der Waals surface area contributed by atoms with Crippen LogP contribution in [-0.4, -0.2) is 40.2 Å². The summed E-state index contributed by atoms with van der Waals surface area (Å²) in [5.74, 6) is 0.523. The third-order valence-corrected chi connectivity index (χ3v) is 5.37. The van der Waals surface area contributed by atoms with Gasteiger partial charge in [0.15, 0.2) is 5.60 Å². The average molecular weight is 360 g/mol. The zero-order valence-electron chi connectivity index (χ0n) is 14.0. The Bertz CT molecular complexity index is 786. The molecule has 0 bridgehead atoms. The number of carbonyl (C=O) groups excluding carboxylic acids is 1. The standard InChI is InChI=1S/C17H20N4O3S/c1-12-19-13(10-25-12)9-21-5-4-17(11-21)7-15(20-24-17)16(22)18-8-14-3-2-6-23-14/h2-3,6,10H,4-5,7-9,11H2,1H3,(H,18,22). The fourth-order valence-corrected chi connectivity index (χ4v) is 3.92. The number of thiazole rings is 1. The van der Waals surface area contributed by atoms with Crippen molar-refractivity contribution < 1.29 is 14.0 Å². The molecule has 0 radical (unpaired) electrons. The predicted octanol–water partition coefficient (Wildman–Crippen LogP) is 2.08. The molecule has 4 rings (SSSR count). The van der Waals surface area contributed by atoms with Crippen molar-refractivity contribution in [2.24, 2.45) is 5.16 Å². The van der Waals surface area contributed by atoms with E-state index in [-0.39, 0.29) is 11.5 Å². The fraction of sp³-hybridized carbons (Fsp3) is 0.471. The first-order chi connectivity index (χ1) is 12.1. The van der Waals surface area contributed by atoms with Crippen LogP contribution >= 0.6 is 11.3 Å². The van der Waals surface area contributed by atoms with Gasteiger partial charge in [-0.2, -0.15) is 0 Å². The zero-order chi connectivity index (χ0) is 17.3. The molecule has 1 N–H and O–H groups in total. The van der Waals surface area contributed by atoms with E-state index in [4.69, 9.17) is 9.25 Å². The molecule has 1 unspecified atom stereocenters. The van der Waals surface area contributed by atoms with Crippen LogP contribution in [0.3, 0.4) is 0 Å². The molecule has 2 aromatic rings. The summed E-state index contributed by atoms with van der Waals surface area (Å²) >= 11 is 1.67. The van der Waals surface area contributed by atoms with E-state index in [1.54, 1.807) is 23.7 Å². The highest BCUT2D eigenvalue weighted by atomic mass is 32.1. The van der Waals surface area contributed by atoms with Crippen LogP contribution < -0.4 is 5.32 Å². The van der Waals surface area contributed by atoms with Crippen LogP contribution in [0.4, 0.5) is 0 Å². The largest absolute Gasteiger partial charge is 0.467 e. The van der Waals surface area contributed by atoms with Gasteiger partial charge >= 0.3 is 0 Å². The fourth-order valence-electron chi connectivity index (χ4n) is 3.32. The number of nitrogens with zero attached hydrogens (tertiary/aromatic N) is 3. The normalized spacial score (nSPS) is 23.0. The number of oxime groups is 1. The molecule has 0 aromatic carbocycles. The van der Waals surface area contributed by atoms with Gasteiger partial charge in [0, 0.05) is 37.9 Å². The first kappa shape index (κ1) is 16.3. The Balaban J connectivity index is 1.29. The SMILES string of the molecule is Cc1nc(CN2CCC3(CC(C(=O)NCc4ccco4)=NO3)C2)cs1. The highest BCUT2D eigenvalue weighted by Crippen LogP contribution is 2.34. The van der Waals surface area contributed by atoms with Crippen molar-refractivity contribution in [3.8, 4) is 0 Å². The average Bonchev–Trinajstić information content (AvgIpc) is 3.37. The number of nitrogens with one attached hydrogen (secondary N) is 1. The molecule has 2 aliphatic heterocycles. The minimum atomic E-state index is -0.373. The topological polar surface area (TPSA) is 80.0 Å². The van der Waals surface area contributed by atoms with Gasteiger partial charge in [-0.05, 0) is 19.1 Å². The minimum Gasteiger partial charge on any atom is -0.467 e. The number of furan rings is 1. The summed E-state index contributed by atoms with van der Waals surface area (Å²) in [4.78, 5) is 24.8. The van der Waals surface area contributed by atoms with Gasteiger partial charge in [0.05, 0.1) is 23.5 Å². The second-order valence-electron chi connectivity index (χ2n) is 6.57. The zero-order valence-corrected chi connectivity index (χ0v) is 14.8. The van der Waals surface area contributed by atoms with Gasteiger partial charge in [0.25, 0.3) is 5.91 Å². The molecule has 1 spiro atoms. The van der Waals surface area contributed by atoms with Gasteiger partial charge in [-0.3, -0.25) is 9.69 Å². The molecule has 1 atom stereocenters. The summed E-state index contributed by atoms with van der Waals surface area (Å²) in [6, 6.07) is 3.62. The van der Waals surface area contributed by atoms with Gasteiger partial charge < -0.3 is 14.6 Å². The van der Waals surface area contributed by atoms with E-state index in [1.807, 2.05) is 13.0 Å². The van der Waals surface area contributed by atoms with Crippen molar-refractivity contribution >= 4 is 23.0 Å². The van der Waals surface area contributed by atoms with E-state index in [0.717, 1.165) is 36.8 Å². The molecule has 2 aromatic heterocycles. The maximum atomic E-state index is 12.3. The second kappa shape index (κ2) is 6.61. The van der Waals surface area contributed by atoms with Crippen LogP contribution in [0, 0.1) is 6.92 Å². The van der Waals surface area contributed by atoms with Crippen molar-refractivity contribution in [2.75, 3.05) is 13.1 Å². The molecular weight excluding hydrogens is 340 g/mol. The monoisotopic (exact) mass is 360 g/mol. The van der Waals surface area contributed by atoms with Gasteiger partial charge in [-0.1, -0.05) is 5.16 Å². The number of hydrogen-bond donors (Lipinski definition) is 1. The van der Waals surface area contributed by atoms with Crippen molar-refractivity contribution in [1.29, 1.82) is 0 Å². The molecule has 7 nitrogen and oxygen atoms in total. The van der Waals surface area contributed by atoms with Crippen LogP contribution in [0.5, 0.6) is 0 Å². The highest BCUT2D eigenvalue weighted by Gasteiger charge is 2.46. The first-order valence-corrected chi connectivity index (χ1v) is 9.19. The third kappa shape index (κ3) is 3.59. The Kier molecular flexibility index (Phi) is 4.30. The highest BCUT2D eigenvalue weighted by molar-refractivity contribution is 7.09. The van der Waals surface area contributed by atoms with Crippen LogP contribution in [-0.2, 0) is 22.7 Å². The molecule has 132 valence electrons. The molecule has 1 fully saturated rings. The summed E-state index contributed by atoms with van der Waals surface area (Å²) < 4.78 is 5.21. The number of hydrogen-bond acceptors (Lipinski definition) is 7. The molecule has 1 amide bonds. The lowest BCUT2D eigenvalue weighted by Gasteiger charge is -2.21. The Morgan fingerprint density at radius 3 is 3.20 bits per heavy atom. The first-order valence-electron chi connectivity index (χ1n) is 8.31. The van der Waals surface area contributed by atoms with Crippen LogP contribution in [0.15, 0.2) is 33.3 Å². The number of amides is 1. The van der Waals surface area contributed by atoms with E-state index in [0.29, 0.717) is 24.4 Å². The van der Waals surface area contributed by atoms with Crippen molar-refractivity contribution in [3.63, 3.8) is 0 Å². The van der Waals surface area contributed by atoms with Gasteiger partial charge in [-0.15, -0.1) is 11.3 Å². The summed E-state index contributed by atoms with van der Waals surface area (Å²) in [7, 11) is 0. The molecular formula is C17H20N4O3S. The van der Waals surface area contributed by atoms with E-state index in [9.17, 15) is 4.79 Å². The minimum absolute atomic E-state index is 0.193. The van der Waals surface area contributed by atoms with Crippen molar-refractivity contribution in [2.45, 2.75) is 38.5 Å². The maximum absolute atomic E-state index is 12.3. The molecule has 0 saturated carbocycles. The number of aryl methyl sites for hydroxylation is 1. The lowest BCUT2D eigenvalue weighted by atomic mass is 9.96. The molecule has 2 aliphatic rings. The third-order valence-electron chi connectivity index (χ3n) is 4.55. The summed E-state index contributed by atoms with van der Waals surface area (Å²) in [5, 5.41) is 10.1. The quantitative estimate of drug-likeness (QED) is 0.883. The smallest absolute Gasteiger partial charge is 0.269 e. The van der Waals surface area contributed by atoms with Crippen molar-refractivity contribution in [1.82, 2.24) is 15.2 Å². The van der Waals surface area contributed by atoms with Crippen molar-refractivity contribution in [3.05, 3.63) is 40.2 Å². The lowest BCUT2D eigenvalue weighted by Crippen LogP contribution is -2.36. The Hall–Kier alpha value is -2.19. The molecule has 8 heteroatoms. The number of likely N-dealkylation sites (tertiary alicyclic amines) is 1. The van der Waals surface area contributed by atoms with Crippen LogP contribution in [0.25, 0.3) is 0 Å². The summed E-state index contributed by atoms with van der Waals surface area (Å²) in [5.41, 5.74) is 1.18. The van der Waals surface area contributed by atoms with Gasteiger partial charge in [0.1, 0.15) is 11.5 Å². The van der Waals surface area contributed by atoms with E-state index >= 15 is 0 Å². The Morgan fingerprint density at radius 2 is 2.44 bits per heavy atom. The van der Waals surface area contributed by atoms with Gasteiger partial charge in [0.2, 0.25) is 0 Å². The van der Waals surface area contributed by atoms with Gasteiger partial charge in [-0.25, -0.2) is 4.98 Å². The Labute approximate surface area is 149 Å². The number of aromatic nitrogens is 1. The summed E-state index contributed by atoms with van der Waals surface area (Å²) in [6.07, 6.45) is 3.00. The number of carbonyl (C=O) groups is 1. The number of rotatable bonds is 5. The molecule has 25 heavy (non-hydrogen) atoms. The second-order valence-corrected chi connectivity index (χ2v) is 7.63. The van der Waals surface area contributed by atoms with Crippen LogP contribution in [0.2, 0.25) is 0 Å². The molecule has 4 heterocycles. The Morgan fingerprint density at radius 1 is 1.52 bits per heavy atom.